The van der Waals surface area contributed by atoms with Gasteiger partial charge in [-0.25, -0.2) is 4.39 Å². The summed E-state index contributed by atoms with van der Waals surface area (Å²) >= 11 is 0. The van der Waals surface area contributed by atoms with Gasteiger partial charge in [0.2, 0.25) is 0 Å². The van der Waals surface area contributed by atoms with E-state index in [0.29, 0.717) is 23.3 Å². The van der Waals surface area contributed by atoms with Crippen LogP contribution >= 0.6 is 0 Å². The Kier molecular flexibility index (Phi) is 6.32. The van der Waals surface area contributed by atoms with Gasteiger partial charge in [-0.2, -0.15) is 5.48 Å². The average Bonchev–Trinajstić information content (AvgIpc) is 2.58. The predicted octanol–water partition coefficient (Wildman–Crippen LogP) is 4.15. The Balaban J connectivity index is 2.08. The van der Waals surface area contributed by atoms with Crippen molar-refractivity contribution in [3.05, 3.63) is 64.5 Å². The molecule has 2 rings (SSSR count). The summed E-state index contributed by atoms with van der Waals surface area (Å²) < 4.78 is 14.2. The lowest BCUT2D eigenvalue weighted by atomic mass is 10.1. The van der Waals surface area contributed by atoms with Gasteiger partial charge in [0.15, 0.2) is 5.75 Å². The number of nitrogens with zero attached hydrogens (tertiary/aromatic N) is 1. The van der Waals surface area contributed by atoms with Crippen LogP contribution in [0, 0.1) is 12.7 Å². The van der Waals surface area contributed by atoms with Gasteiger partial charge in [-0.3, -0.25) is 0 Å². The largest absolute Gasteiger partial charge is 0.409 e. The van der Waals surface area contributed by atoms with E-state index in [1.807, 2.05) is 45.0 Å². The van der Waals surface area contributed by atoms with Crippen molar-refractivity contribution in [1.82, 2.24) is 5.48 Å². The molecule has 0 aliphatic heterocycles. The number of aryl methyl sites for hydroxylation is 2. The standard InChI is InChI=1S/C19H23FN2O2/c1-5-15-7-6-8-17(19(15)20)12-23-22-14(3)16-10-9-13(2)18(11-16)24-21-4/h6-11,21H,5,12H2,1-4H3/b22-14+. The molecule has 5 heteroatoms. The molecule has 24 heavy (non-hydrogen) atoms. The maximum Gasteiger partial charge on any atom is 0.150 e. The number of halogens is 1. The van der Waals surface area contributed by atoms with E-state index < -0.39 is 0 Å². The first-order valence-electron chi connectivity index (χ1n) is 7.94. The van der Waals surface area contributed by atoms with Crippen LogP contribution < -0.4 is 10.3 Å². The molecule has 4 nitrogen and oxygen atoms in total. The van der Waals surface area contributed by atoms with Gasteiger partial charge in [0.05, 0.1) is 5.71 Å². The van der Waals surface area contributed by atoms with Crippen LogP contribution in [0.25, 0.3) is 0 Å². The van der Waals surface area contributed by atoms with Crippen LogP contribution in [0.15, 0.2) is 41.6 Å². The molecule has 0 atom stereocenters. The summed E-state index contributed by atoms with van der Waals surface area (Å²) in [6.45, 7) is 5.83. The van der Waals surface area contributed by atoms with E-state index in [2.05, 4.69) is 10.6 Å². The first-order chi connectivity index (χ1) is 11.6. The zero-order valence-corrected chi connectivity index (χ0v) is 14.5. The van der Waals surface area contributed by atoms with Crippen LogP contribution in [0.2, 0.25) is 0 Å². The second-order valence-electron chi connectivity index (χ2n) is 5.48. The van der Waals surface area contributed by atoms with Crippen LogP contribution in [0.5, 0.6) is 5.75 Å². The number of hydrogen-bond acceptors (Lipinski definition) is 4. The summed E-state index contributed by atoms with van der Waals surface area (Å²) in [7, 11) is 1.70. The zero-order chi connectivity index (χ0) is 17.5. The summed E-state index contributed by atoms with van der Waals surface area (Å²) in [6.07, 6.45) is 0.652. The lowest BCUT2D eigenvalue weighted by molar-refractivity contribution is 0.128. The molecule has 128 valence electrons. The molecule has 0 spiro atoms. The molecule has 0 radical (unpaired) electrons. The average molecular weight is 330 g/mol. The number of hydroxylamine groups is 1. The molecule has 2 aromatic rings. The number of rotatable bonds is 7. The van der Waals surface area contributed by atoms with Crippen LogP contribution in [0.1, 0.15) is 36.1 Å². The summed E-state index contributed by atoms with van der Waals surface area (Å²) in [6, 6.07) is 11.1. The lowest BCUT2D eigenvalue weighted by Crippen LogP contribution is -2.12. The van der Waals surface area contributed by atoms with Crippen molar-refractivity contribution < 1.29 is 14.1 Å². The molecule has 1 N–H and O–H groups in total. The maximum absolute atomic E-state index is 14.2. The number of hydrogen-bond donors (Lipinski definition) is 1. The van der Waals surface area contributed by atoms with Crippen molar-refractivity contribution in [1.29, 1.82) is 0 Å². The normalized spacial score (nSPS) is 11.5. The molecule has 0 heterocycles. The number of benzene rings is 2. The minimum absolute atomic E-state index is 0.0999. The molecule has 0 fully saturated rings. The third kappa shape index (κ3) is 4.32. The van der Waals surface area contributed by atoms with Gasteiger partial charge < -0.3 is 9.68 Å². The summed E-state index contributed by atoms with van der Waals surface area (Å²) in [4.78, 5) is 10.7. The highest BCUT2D eigenvalue weighted by molar-refractivity contribution is 5.98. The van der Waals surface area contributed by atoms with Gasteiger partial charge in [0.25, 0.3) is 0 Å². The summed E-state index contributed by atoms with van der Waals surface area (Å²) in [5.41, 5.74) is 6.45. The van der Waals surface area contributed by atoms with Crippen molar-refractivity contribution in [3.8, 4) is 5.75 Å². The minimum Gasteiger partial charge on any atom is -0.409 e. The van der Waals surface area contributed by atoms with Crippen molar-refractivity contribution >= 4 is 5.71 Å². The minimum atomic E-state index is -0.215. The van der Waals surface area contributed by atoms with E-state index >= 15 is 0 Å². The van der Waals surface area contributed by atoms with Crippen molar-refractivity contribution in [2.24, 2.45) is 5.16 Å². The fourth-order valence-corrected chi connectivity index (χ4v) is 2.31. The van der Waals surface area contributed by atoms with E-state index in [1.54, 1.807) is 19.2 Å². The fraction of sp³-hybridized carbons (Fsp3) is 0.316. The number of nitrogens with one attached hydrogen (secondary N) is 1. The van der Waals surface area contributed by atoms with Crippen LogP contribution in [0.4, 0.5) is 4.39 Å². The Morgan fingerprint density at radius 3 is 2.67 bits per heavy atom. The van der Waals surface area contributed by atoms with Crippen LogP contribution in [-0.4, -0.2) is 12.8 Å². The van der Waals surface area contributed by atoms with E-state index in [0.717, 1.165) is 16.9 Å². The van der Waals surface area contributed by atoms with Gasteiger partial charge in [-0.15, -0.1) is 0 Å². The molecular formula is C19H23FN2O2. The third-order valence-corrected chi connectivity index (χ3v) is 3.78. The quantitative estimate of drug-likeness (QED) is 0.612. The first kappa shape index (κ1) is 17.9. The first-order valence-corrected chi connectivity index (χ1v) is 7.94. The van der Waals surface area contributed by atoms with Gasteiger partial charge in [0.1, 0.15) is 12.4 Å². The highest BCUT2D eigenvalue weighted by atomic mass is 19.1. The van der Waals surface area contributed by atoms with Gasteiger partial charge in [-0.05, 0) is 37.5 Å². The SMILES string of the molecule is CCc1cccc(CO/N=C(\C)c2ccc(C)c(ONC)c2)c1F. The van der Waals surface area contributed by atoms with Crippen LogP contribution in [-0.2, 0) is 17.9 Å². The summed E-state index contributed by atoms with van der Waals surface area (Å²) in [5.74, 6) is 0.513. The predicted molar refractivity (Wildman–Crippen MR) is 93.6 cm³/mol. The van der Waals surface area contributed by atoms with E-state index in [9.17, 15) is 4.39 Å². The molecule has 0 aromatic heterocycles. The second-order valence-corrected chi connectivity index (χ2v) is 5.48. The molecule has 0 aliphatic carbocycles. The monoisotopic (exact) mass is 330 g/mol. The Morgan fingerprint density at radius 2 is 1.96 bits per heavy atom. The van der Waals surface area contributed by atoms with Crippen molar-refractivity contribution in [2.45, 2.75) is 33.8 Å². The molecule has 0 amide bonds. The van der Waals surface area contributed by atoms with Crippen molar-refractivity contribution in [2.75, 3.05) is 7.05 Å². The van der Waals surface area contributed by atoms with Crippen LogP contribution in [0.3, 0.4) is 0 Å². The Labute approximate surface area is 142 Å². The third-order valence-electron chi connectivity index (χ3n) is 3.78. The number of oxime groups is 1. The molecule has 0 saturated heterocycles. The molecule has 2 aromatic carbocycles. The topological polar surface area (TPSA) is 42.9 Å². The zero-order valence-electron chi connectivity index (χ0n) is 14.5. The Morgan fingerprint density at radius 1 is 1.21 bits per heavy atom. The van der Waals surface area contributed by atoms with E-state index in [1.165, 1.54) is 0 Å². The highest BCUT2D eigenvalue weighted by Gasteiger charge is 2.08. The Bertz CT molecular complexity index is 729. The molecule has 0 saturated carbocycles. The van der Waals surface area contributed by atoms with E-state index in [4.69, 9.17) is 9.68 Å². The second kappa shape index (κ2) is 8.45. The fourth-order valence-electron chi connectivity index (χ4n) is 2.31. The molecular weight excluding hydrogens is 307 g/mol. The van der Waals surface area contributed by atoms with Gasteiger partial charge in [0, 0.05) is 18.2 Å². The molecule has 0 aliphatic rings. The highest BCUT2D eigenvalue weighted by Crippen LogP contribution is 2.20. The van der Waals surface area contributed by atoms with Crippen molar-refractivity contribution in [3.63, 3.8) is 0 Å². The summed E-state index contributed by atoms with van der Waals surface area (Å²) in [5, 5.41) is 4.09. The smallest absolute Gasteiger partial charge is 0.150 e. The van der Waals surface area contributed by atoms with E-state index in [-0.39, 0.29) is 12.4 Å². The van der Waals surface area contributed by atoms with Gasteiger partial charge in [-0.1, -0.05) is 42.4 Å². The molecule has 0 unspecified atom stereocenters. The molecule has 0 bridgehead atoms. The van der Waals surface area contributed by atoms with Gasteiger partial charge >= 0.3 is 0 Å². The lowest BCUT2D eigenvalue weighted by Gasteiger charge is -2.09. The Hall–Kier alpha value is -2.40. The maximum atomic E-state index is 14.2.